The van der Waals surface area contributed by atoms with Gasteiger partial charge in [-0.25, -0.2) is 6.08 Å². The van der Waals surface area contributed by atoms with Crippen LogP contribution in [0.3, 0.4) is 0 Å². The van der Waals surface area contributed by atoms with Gasteiger partial charge in [-0.15, -0.1) is 6.58 Å². The molecule has 6 nitrogen and oxygen atoms in total. The summed E-state index contributed by atoms with van der Waals surface area (Å²) in [5.74, 6) is 0.0115. The summed E-state index contributed by atoms with van der Waals surface area (Å²) < 4.78 is 36.3. The largest absolute Gasteiger partial charge is 0 e. The molecule has 1 atom stereocenters. The molecule has 0 aliphatic rings. The number of carbonyl (C=O) groups is 1. The van der Waals surface area contributed by atoms with Gasteiger partial charge in [0, 0.05) is 17.1 Å². The maximum Gasteiger partial charge on any atom is 0 e. The summed E-state index contributed by atoms with van der Waals surface area (Å²) in [7, 11) is -1.82. The standard InChI is InChI=1S/C15H27O2Si.4CO.Mn/c1-8-9-10-14(12-11-13(2)16)17-18(6,7)15(3,4)5;4*1-2;/h8,11,14H,1,9-10H2,2-7H3;;;;;/q-1;;;;;. The van der Waals surface area contributed by atoms with Crippen LogP contribution in [0, 0.1) is 32.7 Å². The van der Waals surface area contributed by atoms with Gasteiger partial charge in [-0.1, -0.05) is 33.8 Å². The van der Waals surface area contributed by atoms with E-state index in [1.54, 1.807) is 0 Å². The molecule has 0 bridgehead atoms. The first kappa shape index (κ1) is 40.5. The number of hydrogen-bond acceptors (Lipinski definition) is 2. The molecule has 1 radical (unpaired) electrons. The van der Waals surface area contributed by atoms with Crippen molar-refractivity contribution in [2.45, 2.75) is 64.8 Å². The van der Waals surface area contributed by atoms with Crippen molar-refractivity contribution in [2.75, 3.05) is 0 Å². The maximum absolute atomic E-state index is 11.0. The molecule has 0 saturated heterocycles. The monoisotopic (exact) mass is 434 g/mol. The third kappa shape index (κ3) is 27.1. The minimum absolute atomic E-state index is 0. The molecule has 0 heterocycles. The number of carbonyl (C=O) groups excluding carboxylic acids is 1. The quantitative estimate of drug-likeness (QED) is 0.197. The first-order chi connectivity index (χ1) is 12.1. The van der Waals surface area contributed by atoms with Gasteiger partial charge in [0.2, 0.25) is 0 Å². The van der Waals surface area contributed by atoms with E-state index in [4.69, 9.17) is 23.0 Å². The van der Waals surface area contributed by atoms with Crippen LogP contribution in [0.2, 0.25) is 18.1 Å². The summed E-state index contributed by atoms with van der Waals surface area (Å²) in [4.78, 5) is 11.0. The molecule has 0 aromatic rings. The molecule has 151 valence electrons. The van der Waals surface area contributed by atoms with Gasteiger partial charge in [0.15, 0.2) is 8.32 Å². The Kier molecular flexibility index (Phi) is 40.5. The van der Waals surface area contributed by atoms with Crippen molar-refractivity contribution in [2.24, 2.45) is 0 Å². The van der Waals surface area contributed by atoms with Crippen LogP contribution < -0.4 is 0 Å². The second-order valence-corrected chi connectivity index (χ2v) is 10.9. The first-order valence-electron chi connectivity index (χ1n) is 7.30. The second-order valence-electron chi connectivity index (χ2n) is 6.15. The molecule has 0 aromatic heterocycles. The normalized spacial score (nSPS) is 10.1. The van der Waals surface area contributed by atoms with Crippen molar-refractivity contribution in [3.63, 3.8) is 0 Å². The van der Waals surface area contributed by atoms with Crippen LogP contribution in [0.1, 0.15) is 40.5 Å². The number of allylic oxidation sites excluding steroid dienone is 2. The summed E-state index contributed by atoms with van der Waals surface area (Å²) in [6.07, 6.45) is 8.03. The molecule has 0 rings (SSSR count). The van der Waals surface area contributed by atoms with E-state index in [2.05, 4.69) is 73.1 Å². The van der Waals surface area contributed by atoms with E-state index in [1.165, 1.54) is 13.0 Å². The summed E-state index contributed by atoms with van der Waals surface area (Å²) in [5, 5.41) is 0.164. The van der Waals surface area contributed by atoms with Crippen molar-refractivity contribution in [1.29, 1.82) is 0 Å². The van der Waals surface area contributed by atoms with E-state index in [1.807, 2.05) is 6.08 Å². The van der Waals surface area contributed by atoms with Crippen LogP contribution in [-0.4, -0.2) is 20.2 Å². The fraction of sp³-hybridized carbons (Fsp3) is 0.526. The van der Waals surface area contributed by atoms with Crippen LogP contribution in [-0.2, 0) is 44.9 Å². The molecule has 0 N–H and O–H groups in total. The predicted molar refractivity (Wildman–Crippen MR) is 95.7 cm³/mol. The molecule has 8 heteroatoms. The van der Waals surface area contributed by atoms with Crippen molar-refractivity contribution >= 4 is 14.1 Å². The Bertz CT molecular complexity index is 446. The zero-order valence-corrected chi connectivity index (χ0v) is 18.9. The van der Waals surface area contributed by atoms with E-state index in [0.29, 0.717) is 0 Å². The summed E-state index contributed by atoms with van der Waals surface area (Å²) in [5.41, 5.74) is 0. The number of rotatable bonds is 7. The molecule has 1 unspecified atom stereocenters. The van der Waals surface area contributed by atoms with Crippen LogP contribution in [0.15, 0.2) is 18.7 Å². The molecule has 0 amide bonds. The first-order valence-corrected chi connectivity index (χ1v) is 10.2. The topological polar surface area (TPSA) is 106 Å². The second kappa shape index (κ2) is 27.0. The van der Waals surface area contributed by atoms with Gasteiger partial charge in [-0.3, -0.25) is 0 Å². The van der Waals surface area contributed by atoms with Crippen LogP contribution in [0.25, 0.3) is 0 Å². The molecule has 0 fully saturated rings. The Morgan fingerprint density at radius 3 is 1.74 bits per heavy atom. The third-order valence-electron chi connectivity index (χ3n) is 3.35. The Balaban J connectivity index is -0.000000108. The zero-order valence-electron chi connectivity index (χ0n) is 16.7. The Morgan fingerprint density at radius 1 is 1.11 bits per heavy atom. The molecule has 0 spiro atoms. The molecular formula is C19H27MnO6Si-. The smallest absolute Gasteiger partial charge is 0 e. The summed E-state index contributed by atoms with van der Waals surface area (Å²) in [6.45, 7) is 34.3. The fourth-order valence-corrected chi connectivity index (χ4v) is 2.44. The Hall–Kier alpha value is -1.19. The Morgan fingerprint density at radius 2 is 1.48 bits per heavy atom. The van der Waals surface area contributed by atoms with Crippen molar-refractivity contribution in [3.8, 4) is 0 Å². The average Bonchev–Trinajstić information content (AvgIpc) is 2.63. The molecule has 0 saturated carbocycles. The van der Waals surface area contributed by atoms with Gasteiger partial charge in [0.1, 0.15) is 0 Å². The van der Waals surface area contributed by atoms with Gasteiger partial charge in [0.25, 0.3) is 0 Å². The van der Waals surface area contributed by atoms with Crippen LogP contribution in [0.4, 0.5) is 0 Å². The molecular weight excluding hydrogens is 407 g/mol. The molecule has 0 aliphatic heterocycles. The van der Waals surface area contributed by atoms with Gasteiger partial charge in [-0.2, -0.15) is 6.08 Å². The summed E-state index contributed by atoms with van der Waals surface area (Å²) >= 11 is 0. The van der Waals surface area contributed by atoms with Gasteiger partial charge < -0.3 is 9.22 Å². The Labute approximate surface area is 175 Å². The maximum atomic E-state index is 11.0. The van der Waals surface area contributed by atoms with E-state index in [-0.39, 0.29) is 34.0 Å². The number of hydrogen-bond donors (Lipinski definition) is 0. The van der Waals surface area contributed by atoms with Crippen molar-refractivity contribution in [1.82, 2.24) is 0 Å². The minimum Gasteiger partial charge on any atom is 0 e. The summed E-state index contributed by atoms with van der Waals surface area (Å²) in [6, 6.07) is 0. The minimum atomic E-state index is -1.82. The predicted octanol–water partition coefficient (Wildman–Crippen LogP) is 4.14. The average molecular weight is 434 g/mol. The SMILES string of the molecule is C=CCCC([C-]=CC(C)=O)O[Si](C)(C)C(C)(C)C.[C-]#[O+].[C-]#[O+].[C-]#[O+].[C-]#[O+].[Mn]. The van der Waals surface area contributed by atoms with E-state index in [9.17, 15) is 4.79 Å². The van der Waals surface area contributed by atoms with Crippen LogP contribution >= 0.6 is 0 Å². The van der Waals surface area contributed by atoms with Crippen molar-refractivity contribution in [3.05, 3.63) is 51.4 Å². The van der Waals surface area contributed by atoms with Gasteiger partial charge in [0.05, 0.1) is 0 Å². The number of ketones is 1. The van der Waals surface area contributed by atoms with Crippen molar-refractivity contribution < 1.29 is 44.9 Å². The fourth-order valence-electron chi connectivity index (χ4n) is 1.19. The molecule has 0 aliphatic carbocycles. The van der Waals surface area contributed by atoms with Gasteiger partial charge >= 0.3 is 45.2 Å². The molecule has 27 heavy (non-hydrogen) atoms. The van der Waals surface area contributed by atoms with E-state index >= 15 is 0 Å². The third-order valence-corrected chi connectivity index (χ3v) is 7.83. The van der Waals surface area contributed by atoms with E-state index in [0.717, 1.165) is 12.8 Å². The zero-order chi connectivity index (χ0) is 22.4. The molecule has 0 aromatic carbocycles. The van der Waals surface area contributed by atoms with E-state index < -0.39 is 8.32 Å². The van der Waals surface area contributed by atoms with Gasteiger partial charge in [-0.05, 0) is 42.9 Å². The van der Waals surface area contributed by atoms with Crippen LogP contribution in [0.5, 0.6) is 0 Å².